The third kappa shape index (κ3) is 1.35. The topological polar surface area (TPSA) is 69.6 Å². The minimum absolute atomic E-state index is 0.464. The van der Waals surface area contributed by atoms with Gasteiger partial charge < -0.3 is 5.73 Å². The van der Waals surface area contributed by atoms with Crippen LogP contribution in [0.3, 0.4) is 0 Å². The molecule has 2 heterocycles. The number of nitrogens with two attached hydrogens (primary N) is 1. The predicted molar refractivity (Wildman–Crippen MR) is 48.6 cm³/mol. The summed E-state index contributed by atoms with van der Waals surface area (Å²) in [7, 11) is 1.85. The Morgan fingerprint density at radius 1 is 1.38 bits per heavy atom. The Morgan fingerprint density at radius 2 is 2.23 bits per heavy atom. The zero-order valence-corrected chi connectivity index (χ0v) is 7.18. The highest BCUT2D eigenvalue weighted by Gasteiger charge is 2.03. The van der Waals surface area contributed by atoms with Crippen molar-refractivity contribution < 1.29 is 0 Å². The van der Waals surface area contributed by atoms with Crippen molar-refractivity contribution in [2.75, 3.05) is 5.73 Å². The second-order valence-corrected chi connectivity index (χ2v) is 2.67. The summed E-state index contributed by atoms with van der Waals surface area (Å²) in [5, 5.41) is 4.04. The Bertz CT molecular complexity index is 420. The van der Waals surface area contributed by atoms with Crippen LogP contribution in [0.15, 0.2) is 24.7 Å². The van der Waals surface area contributed by atoms with Crippen molar-refractivity contribution in [3.05, 3.63) is 24.7 Å². The summed E-state index contributed by atoms with van der Waals surface area (Å²) in [6.45, 7) is 0. The van der Waals surface area contributed by atoms with Crippen LogP contribution in [0.4, 0.5) is 5.82 Å². The van der Waals surface area contributed by atoms with E-state index in [-0.39, 0.29) is 0 Å². The van der Waals surface area contributed by atoms with E-state index in [4.69, 9.17) is 5.73 Å². The van der Waals surface area contributed by atoms with E-state index in [0.29, 0.717) is 5.82 Å². The molecule has 0 unspecified atom stereocenters. The maximum Gasteiger partial charge on any atom is 0.127 e. The molecule has 0 aliphatic carbocycles. The molecule has 0 saturated heterocycles. The Morgan fingerprint density at radius 3 is 2.85 bits per heavy atom. The van der Waals surface area contributed by atoms with Crippen LogP contribution in [-0.2, 0) is 7.05 Å². The van der Waals surface area contributed by atoms with E-state index in [1.165, 1.54) is 6.33 Å². The van der Waals surface area contributed by atoms with Gasteiger partial charge in [0.1, 0.15) is 12.1 Å². The lowest BCUT2D eigenvalue weighted by Gasteiger charge is -2.00. The molecule has 5 heteroatoms. The monoisotopic (exact) mass is 175 g/mol. The summed E-state index contributed by atoms with van der Waals surface area (Å²) in [5.41, 5.74) is 7.24. The Kier molecular flexibility index (Phi) is 1.70. The minimum atomic E-state index is 0.464. The minimum Gasteiger partial charge on any atom is -0.384 e. The maximum atomic E-state index is 5.53. The molecule has 0 spiro atoms. The van der Waals surface area contributed by atoms with Crippen LogP contribution in [0.2, 0.25) is 0 Å². The standard InChI is InChI=1S/C8H9N5/c1-13-7(2-3-12-13)6-4-8(9)11-5-10-6/h2-5H,1H3,(H2,9,10,11). The van der Waals surface area contributed by atoms with Crippen molar-refractivity contribution in [2.45, 2.75) is 0 Å². The maximum absolute atomic E-state index is 5.53. The van der Waals surface area contributed by atoms with E-state index >= 15 is 0 Å². The molecule has 0 aliphatic heterocycles. The smallest absolute Gasteiger partial charge is 0.127 e. The average Bonchev–Trinajstić information content (AvgIpc) is 2.51. The first-order chi connectivity index (χ1) is 6.27. The first-order valence-corrected chi connectivity index (χ1v) is 3.83. The van der Waals surface area contributed by atoms with Gasteiger partial charge in [0.15, 0.2) is 0 Å². The van der Waals surface area contributed by atoms with Gasteiger partial charge in [-0.2, -0.15) is 5.10 Å². The third-order valence-electron chi connectivity index (χ3n) is 1.77. The van der Waals surface area contributed by atoms with Gasteiger partial charge in [0, 0.05) is 19.3 Å². The number of hydrogen-bond donors (Lipinski definition) is 1. The molecule has 0 amide bonds. The molecule has 2 N–H and O–H groups in total. The first-order valence-electron chi connectivity index (χ1n) is 3.83. The van der Waals surface area contributed by atoms with Gasteiger partial charge >= 0.3 is 0 Å². The van der Waals surface area contributed by atoms with Gasteiger partial charge in [0.05, 0.1) is 11.4 Å². The van der Waals surface area contributed by atoms with E-state index in [1.807, 2.05) is 13.1 Å². The number of aromatic nitrogens is 4. The van der Waals surface area contributed by atoms with Gasteiger partial charge in [-0.25, -0.2) is 9.97 Å². The predicted octanol–water partition coefficient (Wildman–Crippen LogP) is 0.459. The second kappa shape index (κ2) is 2.85. The molecule has 13 heavy (non-hydrogen) atoms. The molecular weight excluding hydrogens is 166 g/mol. The Labute approximate surface area is 75.2 Å². The summed E-state index contributed by atoms with van der Waals surface area (Å²) in [4.78, 5) is 7.91. The molecule has 2 aromatic heterocycles. The van der Waals surface area contributed by atoms with Crippen LogP contribution in [0.1, 0.15) is 0 Å². The summed E-state index contributed by atoms with van der Waals surface area (Å²) < 4.78 is 1.74. The fourth-order valence-corrected chi connectivity index (χ4v) is 1.14. The summed E-state index contributed by atoms with van der Waals surface area (Å²) in [5.74, 6) is 0.464. The van der Waals surface area contributed by atoms with Gasteiger partial charge in [0.2, 0.25) is 0 Å². The number of hydrogen-bond acceptors (Lipinski definition) is 4. The van der Waals surface area contributed by atoms with Crippen molar-refractivity contribution >= 4 is 5.82 Å². The van der Waals surface area contributed by atoms with Crippen molar-refractivity contribution in [3.63, 3.8) is 0 Å². The average molecular weight is 175 g/mol. The molecule has 5 nitrogen and oxygen atoms in total. The molecule has 2 aromatic rings. The highest BCUT2D eigenvalue weighted by atomic mass is 15.3. The molecule has 0 bridgehead atoms. The first kappa shape index (κ1) is 7.72. The lowest BCUT2D eigenvalue weighted by Crippen LogP contribution is -1.97. The van der Waals surface area contributed by atoms with E-state index in [9.17, 15) is 0 Å². The molecule has 2 rings (SSSR count). The van der Waals surface area contributed by atoms with Crippen molar-refractivity contribution in [3.8, 4) is 11.4 Å². The van der Waals surface area contributed by atoms with Gasteiger partial charge in [-0.15, -0.1) is 0 Å². The lowest BCUT2D eigenvalue weighted by atomic mass is 10.3. The fraction of sp³-hybridized carbons (Fsp3) is 0.125. The van der Waals surface area contributed by atoms with E-state index in [0.717, 1.165) is 11.4 Å². The second-order valence-electron chi connectivity index (χ2n) is 2.67. The van der Waals surface area contributed by atoms with Crippen LogP contribution in [0.25, 0.3) is 11.4 Å². The molecule has 0 aromatic carbocycles. The van der Waals surface area contributed by atoms with E-state index in [1.54, 1.807) is 16.9 Å². The zero-order valence-electron chi connectivity index (χ0n) is 7.18. The zero-order chi connectivity index (χ0) is 9.26. The number of nitrogens with zero attached hydrogens (tertiary/aromatic N) is 4. The molecule has 0 atom stereocenters. The molecule has 66 valence electrons. The van der Waals surface area contributed by atoms with Crippen molar-refractivity contribution in [1.82, 2.24) is 19.7 Å². The van der Waals surface area contributed by atoms with Crippen molar-refractivity contribution in [1.29, 1.82) is 0 Å². The van der Waals surface area contributed by atoms with E-state index in [2.05, 4.69) is 15.1 Å². The van der Waals surface area contributed by atoms with Gasteiger partial charge in [-0.1, -0.05) is 0 Å². The number of rotatable bonds is 1. The highest BCUT2D eigenvalue weighted by Crippen LogP contribution is 2.15. The largest absolute Gasteiger partial charge is 0.384 e. The quantitative estimate of drug-likeness (QED) is 0.683. The van der Waals surface area contributed by atoms with Crippen LogP contribution >= 0.6 is 0 Å². The summed E-state index contributed by atoms with van der Waals surface area (Å²) in [6, 6.07) is 3.60. The SMILES string of the molecule is Cn1nccc1-c1cc(N)ncn1. The van der Waals surface area contributed by atoms with Gasteiger partial charge in [0.25, 0.3) is 0 Å². The fourth-order valence-electron chi connectivity index (χ4n) is 1.14. The van der Waals surface area contributed by atoms with Crippen molar-refractivity contribution in [2.24, 2.45) is 7.05 Å². The Hall–Kier alpha value is -1.91. The number of nitrogen functional groups attached to an aromatic ring is 1. The van der Waals surface area contributed by atoms with Crippen LogP contribution in [0, 0.1) is 0 Å². The molecule has 0 fully saturated rings. The van der Waals surface area contributed by atoms with Crippen LogP contribution < -0.4 is 5.73 Å². The lowest BCUT2D eigenvalue weighted by molar-refractivity contribution is 0.773. The van der Waals surface area contributed by atoms with Crippen LogP contribution in [0.5, 0.6) is 0 Å². The molecular formula is C8H9N5. The molecule has 0 aliphatic rings. The summed E-state index contributed by atoms with van der Waals surface area (Å²) >= 11 is 0. The molecule has 0 radical (unpaired) electrons. The van der Waals surface area contributed by atoms with Gasteiger partial charge in [-0.05, 0) is 6.07 Å². The number of aryl methyl sites for hydroxylation is 1. The van der Waals surface area contributed by atoms with Crippen LogP contribution in [-0.4, -0.2) is 19.7 Å². The summed E-state index contributed by atoms with van der Waals surface area (Å²) in [6.07, 6.45) is 3.16. The van der Waals surface area contributed by atoms with Gasteiger partial charge in [-0.3, -0.25) is 4.68 Å². The van der Waals surface area contributed by atoms with E-state index < -0.39 is 0 Å². The highest BCUT2D eigenvalue weighted by molar-refractivity contribution is 5.56. The molecule has 0 saturated carbocycles. The normalized spacial score (nSPS) is 10.2. The Balaban J connectivity index is 2.53. The number of anilines is 1. The third-order valence-corrected chi connectivity index (χ3v) is 1.77.